The van der Waals surface area contributed by atoms with Crippen molar-refractivity contribution in [2.75, 3.05) is 26.2 Å². The van der Waals surface area contributed by atoms with Crippen molar-refractivity contribution in [3.8, 4) is 0 Å². The van der Waals surface area contributed by atoms with Crippen molar-refractivity contribution in [1.29, 1.82) is 0 Å². The van der Waals surface area contributed by atoms with Crippen molar-refractivity contribution in [3.63, 3.8) is 0 Å². The highest BCUT2D eigenvalue weighted by Crippen LogP contribution is 2.44. The molecule has 0 atom stereocenters. The summed E-state index contributed by atoms with van der Waals surface area (Å²) in [7, 11) is 0. The van der Waals surface area contributed by atoms with Gasteiger partial charge in [-0.15, -0.1) is 0 Å². The average molecular weight is 267 g/mol. The second kappa shape index (κ2) is 3.93. The van der Waals surface area contributed by atoms with E-state index in [4.69, 9.17) is 0 Å². The van der Waals surface area contributed by atoms with Crippen LogP contribution in [0, 0.1) is 5.92 Å². The molecule has 0 radical (unpaired) electrons. The lowest BCUT2D eigenvalue weighted by atomic mass is 9.89. The number of rotatable bonds is 4. The van der Waals surface area contributed by atoms with Crippen molar-refractivity contribution < 1.29 is 14.7 Å². The molecule has 3 aliphatic rings. The number of amides is 3. The van der Waals surface area contributed by atoms with Crippen LogP contribution in [0.15, 0.2) is 0 Å². The normalized spacial score (nSPS) is 29.3. The second-order valence-corrected chi connectivity index (χ2v) is 6.60. The van der Waals surface area contributed by atoms with Crippen LogP contribution in [-0.4, -0.2) is 64.2 Å². The third-order valence-corrected chi connectivity index (χ3v) is 4.42. The van der Waals surface area contributed by atoms with Gasteiger partial charge in [0.15, 0.2) is 0 Å². The first-order valence-electron chi connectivity index (χ1n) is 6.91. The number of hydrogen-bond acceptors (Lipinski definition) is 4. The van der Waals surface area contributed by atoms with E-state index in [0.717, 1.165) is 12.8 Å². The van der Waals surface area contributed by atoms with E-state index in [1.165, 1.54) is 4.90 Å². The van der Waals surface area contributed by atoms with Gasteiger partial charge < -0.3 is 10.4 Å². The highest BCUT2D eigenvalue weighted by molar-refractivity contribution is 6.06. The Balaban J connectivity index is 1.49. The van der Waals surface area contributed by atoms with Crippen LogP contribution < -0.4 is 5.32 Å². The molecule has 1 aliphatic carbocycles. The van der Waals surface area contributed by atoms with Gasteiger partial charge in [-0.2, -0.15) is 0 Å². The third-order valence-electron chi connectivity index (χ3n) is 4.42. The zero-order valence-corrected chi connectivity index (χ0v) is 11.5. The lowest BCUT2D eigenvalue weighted by Gasteiger charge is -2.47. The van der Waals surface area contributed by atoms with Gasteiger partial charge in [0.1, 0.15) is 5.54 Å². The number of urea groups is 1. The number of imide groups is 1. The molecular formula is C13H21N3O3. The maximum atomic E-state index is 12.0. The summed E-state index contributed by atoms with van der Waals surface area (Å²) in [6.07, 6.45) is 2.26. The van der Waals surface area contributed by atoms with Crippen LogP contribution in [0.3, 0.4) is 0 Å². The van der Waals surface area contributed by atoms with Crippen molar-refractivity contribution >= 4 is 11.9 Å². The number of hydrogen-bond donors (Lipinski definition) is 2. The van der Waals surface area contributed by atoms with Crippen LogP contribution in [0.2, 0.25) is 0 Å². The number of aliphatic hydroxyl groups is 1. The van der Waals surface area contributed by atoms with Gasteiger partial charge in [0.05, 0.1) is 5.60 Å². The largest absolute Gasteiger partial charge is 0.387 e. The smallest absolute Gasteiger partial charge is 0.325 e. The lowest BCUT2D eigenvalue weighted by Crippen LogP contribution is -2.64. The van der Waals surface area contributed by atoms with Gasteiger partial charge in [-0.25, -0.2) is 4.79 Å². The molecule has 0 aromatic carbocycles. The summed E-state index contributed by atoms with van der Waals surface area (Å²) in [6.45, 7) is 5.81. The summed E-state index contributed by atoms with van der Waals surface area (Å²) in [4.78, 5) is 27.0. The number of β-amino-alcohol motifs (C(OH)–C–C–N with tert-alkyl or cyclic N) is 1. The van der Waals surface area contributed by atoms with Gasteiger partial charge in [-0.1, -0.05) is 0 Å². The first kappa shape index (κ1) is 12.9. The van der Waals surface area contributed by atoms with Crippen LogP contribution in [0.5, 0.6) is 0 Å². The fourth-order valence-corrected chi connectivity index (χ4v) is 3.03. The van der Waals surface area contributed by atoms with Gasteiger partial charge in [-0.3, -0.25) is 14.6 Å². The number of likely N-dealkylation sites (tertiary alicyclic amines) is 1. The molecule has 2 N–H and O–H groups in total. The van der Waals surface area contributed by atoms with Crippen molar-refractivity contribution in [2.45, 2.75) is 37.8 Å². The molecule has 106 valence electrons. The maximum Gasteiger partial charge on any atom is 0.325 e. The lowest BCUT2D eigenvalue weighted by molar-refractivity contribution is -0.132. The van der Waals surface area contributed by atoms with E-state index in [2.05, 4.69) is 10.2 Å². The van der Waals surface area contributed by atoms with Gasteiger partial charge in [-0.05, 0) is 32.6 Å². The molecule has 6 nitrogen and oxygen atoms in total. The van der Waals surface area contributed by atoms with E-state index in [0.29, 0.717) is 32.1 Å². The summed E-state index contributed by atoms with van der Waals surface area (Å²) >= 11 is 0. The third kappa shape index (κ3) is 2.12. The number of nitrogens with zero attached hydrogens (tertiary/aromatic N) is 2. The standard InChI is InChI=1S/C13H21N3O3/c1-12(2)10(17)16(11(18)14-12)6-5-15-7-13(19,8-15)9-3-4-9/h9,19H,3-8H2,1-2H3,(H,14,18). The van der Waals surface area contributed by atoms with E-state index < -0.39 is 11.1 Å². The van der Waals surface area contributed by atoms with Crippen LogP contribution in [-0.2, 0) is 4.79 Å². The average Bonchev–Trinajstić information content (AvgIpc) is 3.06. The summed E-state index contributed by atoms with van der Waals surface area (Å²) in [5.74, 6) is 0.301. The Morgan fingerprint density at radius 3 is 2.37 bits per heavy atom. The Morgan fingerprint density at radius 2 is 1.89 bits per heavy atom. The van der Waals surface area contributed by atoms with Crippen LogP contribution >= 0.6 is 0 Å². The van der Waals surface area contributed by atoms with Crippen LogP contribution in [0.1, 0.15) is 26.7 Å². The Morgan fingerprint density at radius 1 is 1.26 bits per heavy atom. The van der Waals surface area contributed by atoms with Crippen LogP contribution in [0.4, 0.5) is 4.79 Å². The van der Waals surface area contributed by atoms with Crippen LogP contribution in [0.25, 0.3) is 0 Å². The molecule has 0 aromatic heterocycles. The maximum absolute atomic E-state index is 12.0. The first-order valence-corrected chi connectivity index (χ1v) is 6.91. The minimum absolute atomic E-state index is 0.171. The van der Waals surface area contributed by atoms with Crippen molar-refractivity contribution in [3.05, 3.63) is 0 Å². The van der Waals surface area contributed by atoms with Gasteiger partial charge in [0, 0.05) is 26.2 Å². The fourth-order valence-electron chi connectivity index (χ4n) is 3.03. The predicted molar refractivity (Wildman–Crippen MR) is 68.4 cm³/mol. The zero-order chi connectivity index (χ0) is 13.8. The molecule has 3 fully saturated rings. The zero-order valence-electron chi connectivity index (χ0n) is 11.5. The molecule has 19 heavy (non-hydrogen) atoms. The Bertz CT molecular complexity index is 425. The number of nitrogens with one attached hydrogen (secondary N) is 1. The topological polar surface area (TPSA) is 72.9 Å². The fraction of sp³-hybridized carbons (Fsp3) is 0.846. The first-order chi connectivity index (χ1) is 8.82. The molecule has 0 spiro atoms. The summed E-state index contributed by atoms with van der Waals surface area (Å²) < 4.78 is 0. The minimum atomic E-state index is -0.791. The van der Waals surface area contributed by atoms with Gasteiger partial charge in [0.2, 0.25) is 0 Å². The van der Waals surface area contributed by atoms with E-state index in [-0.39, 0.29) is 11.9 Å². The molecule has 0 bridgehead atoms. The molecule has 0 unspecified atom stereocenters. The van der Waals surface area contributed by atoms with Gasteiger partial charge >= 0.3 is 6.03 Å². The molecular weight excluding hydrogens is 246 g/mol. The molecule has 2 saturated heterocycles. The van der Waals surface area contributed by atoms with E-state index >= 15 is 0 Å². The Labute approximate surface area is 112 Å². The van der Waals surface area contributed by atoms with E-state index in [1.54, 1.807) is 13.8 Å². The van der Waals surface area contributed by atoms with E-state index in [1.807, 2.05) is 0 Å². The number of carbonyl (C=O) groups excluding carboxylic acids is 2. The SMILES string of the molecule is CC1(C)NC(=O)N(CCN2CC(O)(C3CC3)C2)C1=O. The summed E-state index contributed by atoms with van der Waals surface area (Å²) in [6, 6.07) is -0.312. The highest BCUT2D eigenvalue weighted by atomic mass is 16.3. The number of carbonyl (C=O) groups is 2. The Kier molecular flexibility index (Phi) is 2.66. The summed E-state index contributed by atoms with van der Waals surface area (Å²) in [5.41, 5.74) is -1.29. The molecule has 1 saturated carbocycles. The minimum Gasteiger partial charge on any atom is -0.387 e. The Hall–Kier alpha value is -1.14. The summed E-state index contributed by atoms with van der Waals surface area (Å²) in [5, 5.41) is 12.9. The second-order valence-electron chi connectivity index (χ2n) is 6.60. The molecule has 3 amide bonds. The quantitative estimate of drug-likeness (QED) is 0.690. The van der Waals surface area contributed by atoms with Crippen molar-refractivity contribution in [2.24, 2.45) is 5.92 Å². The molecule has 2 aliphatic heterocycles. The monoisotopic (exact) mass is 267 g/mol. The van der Waals surface area contributed by atoms with E-state index in [9.17, 15) is 14.7 Å². The van der Waals surface area contributed by atoms with Gasteiger partial charge in [0.25, 0.3) is 5.91 Å². The molecule has 0 aromatic rings. The molecule has 2 heterocycles. The van der Waals surface area contributed by atoms with Crippen molar-refractivity contribution in [1.82, 2.24) is 15.1 Å². The predicted octanol–water partition coefficient (Wildman–Crippen LogP) is -0.226. The highest BCUT2D eigenvalue weighted by Gasteiger charge is 2.52. The molecule has 6 heteroatoms. The molecule has 3 rings (SSSR count).